The third-order valence-electron chi connectivity index (χ3n) is 1.69. The average Bonchev–Trinajstić information content (AvgIpc) is 2.05. The van der Waals surface area contributed by atoms with Crippen molar-refractivity contribution < 1.29 is 0 Å². The van der Waals surface area contributed by atoms with Crippen LogP contribution in [-0.4, -0.2) is 18.6 Å². The van der Waals surface area contributed by atoms with Crippen molar-refractivity contribution in [1.29, 1.82) is 0 Å². The molecule has 0 radical (unpaired) electrons. The van der Waals surface area contributed by atoms with Gasteiger partial charge in [0.2, 0.25) is 0 Å². The summed E-state index contributed by atoms with van der Waals surface area (Å²) in [4.78, 5) is 6.29. The van der Waals surface area contributed by atoms with Gasteiger partial charge >= 0.3 is 0 Å². The molecule has 0 aliphatic carbocycles. The molecule has 0 atom stereocenters. The van der Waals surface area contributed by atoms with E-state index in [-0.39, 0.29) is 0 Å². The van der Waals surface area contributed by atoms with Gasteiger partial charge in [-0.1, -0.05) is 6.92 Å². The first-order valence-electron chi connectivity index (χ1n) is 4.05. The first-order chi connectivity index (χ1) is 5.74. The molecule has 0 amide bonds. The van der Waals surface area contributed by atoms with Crippen molar-refractivity contribution in [2.24, 2.45) is 0 Å². The summed E-state index contributed by atoms with van der Waals surface area (Å²) in [6, 6.07) is 2.07. The first kappa shape index (κ1) is 9.52. The number of anilines is 1. The van der Waals surface area contributed by atoms with Gasteiger partial charge in [-0.3, -0.25) is 4.98 Å². The van der Waals surface area contributed by atoms with Gasteiger partial charge in [0.05, 0.1) is 11.9 Å². The molecular weight excluding hydrogens is 216 g/mol. The van der Waals surface area contributed by atoms with Gasteiger partial charge in [0, 0.05) is 24.3 Å². The van der Waals surface area contributed by atoms with Crippen LogP contribution in [0.25, 0.3) is 0 Å². The van der Waals surface area contributed by atoms with Crippen molar-refractivity contribution >= 4 is 21.6 Å². The summed E-state index contributed by atoms with van der Waals surface area (Å²) < 4.78 is 1.03. The molecule has 0 saturated carbocycles. The van der Waals surface area contributed by atoms with E-state index in [9.17, 15) is 0 Å². The van der Waals surface area contributed by atoms with Crippen LogP contribution in [0.2, 0.25) is 0 Å². The van der Waals surface area contributed by atoms with Crippen LogP contribution in [0.15, 0.2) is 22.9 Å². The number of nitrogens with zero attached hydrogens (tertiary/aromatic N) is 2. The Morgan fingerprint density at radius 1 is 1.50 bits per heavy atom. The quantitative estimate of drug-likeness (QED) is 0.792. The van der Waals surface area contributed by atoms with E-state index < -0.39 is 0 Å². The summed E-state index contributed by atoms with van der Waals surface area (Å²) in [7, 11) is 2.08. The molecule has 1 rings (SSSR count). The van der Waals surface area contributed by atoms with Crippen molar-refractivity contribution in [2.75, 3.05) is 18.5 Å². The van der Waals surface area contributed by atoms with Gasteiger partial charge in [0.15, 0.2) is 0 Å². The first-order valence-corrected chi connectivity index (χ1v) is 4.85. The Labute approximate surface area is 81.7 Å². The van der Waals surface area contributed by atoms with Crippen LogP contribution < -0.4 is 4.90 Å². The summed E-state index contributed by atoms with van der Waals surface area (Å²) in [5.41, 5.74) is 1.16. The fourth-order valence-electron chi connectivity index (χ4n) is 1.07. The lowest BCUT2D eigenvalue weighted by molar-refractivity contribution is 0.849. The predicted molar refractivity (Wildman–Crippen MR) is 55.5 cm³/mol. The fourth-order valence-corrected chi connectivity index (χ4v) is 1.43. The molecule has 1 aromatic heterocycles. The molecule has 0 bridgehead atoms. The third kappa shape index (κ3) is 2.48. The van der Waals surface area contributed by atoms with Crippen LogP contribution in [0, 0.1) is 0 Å². The molecule has 0 aliphatic rings. The maximum atomic E-state index is 4.10. The summed E-state index contributed by atoms with van der Waals surface area (Å²) in [5, 5.41) is 0. The maximum absolute atomic E-state index is 4.10. The van der Waals surface area contributed by atoms with E-state index in [0.717, 1.165) is 23.1 Å². The topological polar surface area (TPSA) is 16.1 Å². The largest absolute Gasteiger partial charge is 0.373 e. The summed E-state index contributed by atoms with van der Waals surface area (Å²) >= 11 is 3.39. The van der Waals surface area contributed by atoms with Gasteiger partial charge in [0.1, 0.15) is 0 Å². The zero-order valence-electron chi connectivity index (χ0n) is 7.42. The molecule has 3 heteroatoms. The minimum Gasteiger partial charge on any atom is -0.373 e. The summed E-state index contributed by atoms with van der Waals surface area (Å²) in [5.74, 6) is 0. The highest BCUT2D eigenvalue weighted by Gasteiger charge is 1.99. The molecule has 1 aromatic rings. The van der Waals surface area contributed by atoms with Crippen molar-refractivity contribution in [2.45, 2.75) is 13.3 Å². The Morgan fingerprint density at radius 3 is 2.83 bits per heavy atom. The van der Waals surface area contributed by atoms with E-state index in [0.29, 0.717) is 0 Å². The number of pyridine rings is 1. The molecular formula is C9H13BrN2. The van der Waals surface area contributed by atoms with Crippen LogP contribution in [0.4, 0.5) is 5.69 Å². The zero-order chi connectivity index (χ0) is 8.97. The van der Waals surface area contributed by atoms with Crippen molar-refractivity contribution in [1.82, 2.24) is 4.98 Å². The van der Waals surface area contributed by atoms with Crippen LogP contribution >= 0.6 is 15.9 Å². The minimum atomic E-state index is 1.03. The summed E-state index contributed by atoms with van der Waals surface area (Å²) in [6.07, 6.45) is 4.83. The molecule has 66 valence electrons. The lowest BCUT2D eigenvalue weighted by Crippen LogP contribution is -2.17. The molecule has 12 heavy (non-hydrogen) atoms. The minimum absolute atomic E-state index is 1.03. The standard InChI is InChI=1S/C9H13BrN2/c1-3-4-12(2)9-5-8(10)6-11-7-9/h5-7H,3-4H2,1-2H3. The van der Waals surface area contributed by atoms with Gasteiger partial charge in [-0.25, -0.2) is 0 Å². The van der Waals surface area contributed by atoms with E-state index in [4.69, 9.17) is 0 Å². The van der Waals surface area contributed by atoms with Gasteiger partial charge in [-0.2, -0.15) is 0 Å². The van der Waals surface area contributed by atoms with E-state index in [1.165, 1.54) is 0 Å². The van der Waals surface area contributed by atoms with Gasteiger partial charge in [-0.05, 0) is 28.4 Å². The molecule has 0 fully saturated rings. The van der Waals surface area contributed by atoms with Crippen molar-refractivity contribution in [3.8, 4) is 0 Å². The monoisotopic (exact) mass is 228 g/mol. The Bertz CT molecular complexity index is 250. The number of hydrogen-bond donors (Lipinski definition) is 0. The van der Waals surface area contributed by atoms with E-state index >= 15 is 0 Å². The second kappa shape index (κ2) is 4.45. The Kier molecular flexibility index (Phi) is 3.53. The van der Waals surface area contributed by atoms with Crippen LogP contribution in [0.5, 0.6) is 0 Å². The van der Waals surface area contributed by atoms with E-state index in [1.54, 1.807) is 6.20 Å². The highest BCUT2D eigenvalue weighted by molar-refractivity contribution is 9.10. The molecule has 2 nitrogen and oxygen atoms in total. The fraction of sp³-hybridized carbons (Fsp3) is 0.444. The smallest absolute Gasteiger partial charge is 0.0561 e. The highest BCUT2D eigenvalue weighted by atomic mass is 79.9. The van der Waals surface area contributed by atoms with Crippen LogP contribution in [-0.2, 0) is 0 Å². The van der Waals surface area contributed by atoms with Crippen molar-refractivity contribution in [3.05, 3.63) is 22.9 Å². The number of hydrogen-bond acceptors (Lipinski definition) is 2. The van der Waals surface area contributed by atoms with Gasteiger partial charge < -0.3 is 4.90 Å². The number of aromatic nitrogens is 1. The molecule has 1 heterocycles. The summed E-state index contributed by atoms with van der Waals surface area (Å²) in [6.45, 7) is 3.24. The Morgan fingerprint density at radius 2 is 2.25 bits per heavy atom. The molecule has 0 N–H and O–H groups in total. The maximum Gasteiger partial charge on any atom is 0.0561 e. The van der Waals surface area contributed by atoms with E-state index in [1.807, 2.05) is 6.20 Å². The average molecular weight is 229 g/mol. The van der Waals surface area contributed by atoms with Crippen LogP contribution in [0.1, 0.15) is 13.3 Å². The Balaban J connectivity index is 2.73. The van der Waals surface area contributed by atoms with Crippen LogP contribution in [0.3, 0.4) is 0 Å². The lowest BCUT2D eigenvalue weighted by Gasteiger charge is -2.17. The number of rotatable bonds is 3. The van der Waals surface area contributed by atoms with Crippen molar-refractivity contribution in [3.63, 3.8) is 0 Å². The lowest BCUT2D eigenvalue weighted by atomic mass is 10.3. The highest BCUT2D eigenvalue weighted by Crippen LogP contribution is 2.16. The second-order valence-corrected chi connectivity index (χ2v) is 3.70. The molecule has 0 spiro atoms. The van der Waals surface area contributed by atoms with Gasteiger partial charge in [-0.15, -0.1) is 0 Å². The predicted octanol–water partition coefficient (Wildman–Crippen LogP) is 2.69. The molecule has 0 saturated heterocycles. The SMILES string of the molecule is CCCN(C)c1cncc(Br)c1. The Hall–Kier alpha value is -0.570. The normalized spacial score (nSPS) is 9.92. The molecule has 0 unspecified atom stereocenters. The second-order valence-electron chi connectivity index (χ2n) is 2.78. The van der Waals surface area contributed by atoms with Gasteiger partial charge in [0.25, 0.3) is 0 Å². The molecule has 0 aromatic carbocycles. The van der Waals surface area contributed by atoms with E-state index in [2.05, 4.69) is 45.9 Å². The number of halogens is 1. The zero-order valence-corrected chi connectivity index (χ0v) is 9.00. The third-order valence-corrected chi connectivity index (χ3v) is 2.12. The molecule has 0 aliphatic heterocycles.